The number of azo groups is 1. The fourth-order valence-electron chi connectivity index (χ4n) is 2.20. The number of fused-ring (bicyclic) bond motifs is 1. The maximum atomic E-state index is 12.1. The zero-order chi connectivity index (χ0) is 17.3. The van der Waals surface area contributed by atoms with Crippen LogP contribution in [0.25, 0.3) is 10.9 Å². The van der Waals surface area contributed by atoms with Crippen LogP contribution in [0.3, 0.4) is 0 Å². The number of hydrogen-bond donors (Lipinski definition) is 2. The average Bonchev–Trinajstić information content (AvgIpc) is 2.87. The molecule has 1 heterocycles. The number of nitrogens with zero attached hydrogens (tertiary/aromatic N) is 3. The number of aromatic amines is 1. The number of benzene rings is 2. The van der Waals surface area contributed by atoms with Crippen molar-refractivity contribution in [2.24, 2.45) is 10.2 Å². The molecule has 0 bridgehead atoms. The Morgan fingerprint density at radius 2 is 2.00 bits per heavy atom. The van der Waals surface area contributed by atoms with Crippen molar-refractivity contribution in [2.45, 2.75) is 0 Å². The lowest BCUT2D eigenvalue weighted by Gasteiger charge is -1.97. The molecular formula is C15H9BrN4O4. The molecule has 2 N–H and O–H groups in total. The molecule has 120 valence electrons. The van der Waals surface area contributed by atoms with E-state index in [4.69, 9.17) is 0 Å². The summed E-state index contributed by atoms with van der Waals surface area (Å²) in [4.78, 5) is 25.1. The lowest BCUT2D eigenvalue weighted by molar-refractivity contribution is -0.385. The molecule has 0 unspecified atom stereocenters. The number of nitrogens with one attached hydrogen (secondary N) is 1. The van der Waals surface area contributed by atoms with E-state index in [0.29, 0.717) is 10.9 Å². The lowest BCUT2D eigenvalue weighted by atomic mass is 10.2. The Morgan fingerprint density at radius 1 is 1.25 bits per heavy atom. The molecule has 0 fully saturated rings. The Kier molecular flexibility index (Phi) is 4.09. The lowest BCUT2D eigenvalue weighted by Crippen LogP contribution is -2.00. The van der Waals surface area contributed by atoms with Gasteiger partial charge in [-0.3, -0.25) is 14.9 Å². The molecule has 8 nitrogen and oxygen atoms in total. The second-order valence-corrected chi connectivity index (χ2v) is 5.71. The number of carbonyl (C=O) groups is 1. The van der Waals surface area contributed by atoms with Crippen molar-refractivity contribution in [3.05, 3.63) is 62.6 Å². The molecule has 0 saturated heterocycles. The Balaban J connectivity index is 2.00. The number of nitro benzene ring substituents is 1. The van der Waals surface area contributed by atoms with E-state index in [9.17, 15) is 20.0 Å². The van der Waals surface area contributed by atoms with E-state index in [1.807, 2.05) is 0 Å². The molecular weight excluding hydrogens is 380 g/mol. The Hall–Kier alpha value is -3.07. The molecule has 0 aliphatic heterocycles. The summed E-state index contributed by atoms with van der Waals surface area (Å²) < 4.78 is 0.760. The van der Waals surface area contributed by atoms with E-state index in [0.717, 1.165) is 4.47 Å². The topological polar surface area (TPSA) is 121 Å². The van der Waals surface area contributed by atoms with E-state index < -0.39 is 10.8 Å². The van der Waals surface area contributed by atoms with Crippen molar-refractivity contribution in [1.82, 2.24) is 4.98 Å². The van der Waals surface area contributed by atoms with Gasteiger partial charge in [0.2, 0.25) is 5.88 Å². The number of hydrogen-bond acceptors (Lipinski definition) is 5. The van der Waals surface area contributed by atoms with Crippen LogP contribution in [0.5, 0.6) is 5.88 Å². The third-order valence-corrected chi connectivity index (χ3v) is 3.78. The van der Waals surface area contributed by atoms with Crippen LogP contribution < -0.4 is 0 Å². The van der Waals surface area contributed by atoms with Crippen LogP contribution in [0.15, 0.2) is 57.2 Å². The van der Waals surface area contributed by atoms with E-state index in [2.05, 4.69) is 31.1 Å². The third kappa shape index (κ3) is 2.88. The summed E-state index contributed by atoms with van der Waals surface area (Å²) in [6, 6.07) is 10.7. The monoisotopic (exact) mass is 388 g/mol. The van der Waals surface area contributed by atoms with Crippen LogP contribution in [0.1, 0.15) is 10.4 Å². The average molecular weight is 389 g/mol. The Morgan fingerprint density at radius 3 is 2.75 bits per heavy atom. The first-order valence-electron chi connectivity index (χ1n) is 6.67. The van der Waals surface area contributed by atoms with E-state index in [-0.39, 0.29) is 22.8 Å². The van der Waals surface area contributed by atoms with Gasteiger partial charge in [0, 0.05) is 15.9 Å². The molecule has 1 amide bonds. The normalized spacial score (nSPS) is 11.2. The van der Waals surface area contributed by atoms with Crippen molar-refractivity contribution in [1.29, 1.82) is 0 Å². The van der Waals surface area contributed by atoms with Crippen LogP contribution in [0, 0.1) is 10.1 Å². The van der Waals surface area contributed by atoms with E-state index in [1.54, 1.807) is 18.2 Å². The number of carbonyl (C=O) groups excluding carboxylic acids is 1. The molecule has 0 aliphatic carbocycles. The first-order valence-corrected chi connectivity index (χ1v) is 7.46. The van der Waals surface area contributed by atoms with Crippen LogP contribution in [0.4, 0.5) is 11.4 Å². The minimum absolute atomic E-state index is 0.0817. The molecule has 0 radical (unpaired) electrons. The summed E-state index contributed by atoms with van der Waals surface area (Å²) in [6.07, 6.45) is 0. The molecule has 24 heavy (non-hydrogen) atoms. The Labute approximate surface area is 143 Å². The van der Waals surface area contributed by atoms with Gasteiger partial charge in [0.25, 0.3) is 5.69 Å². The van der Waals surface area contributed by atoms with Crippen LogP contribution in [0.2, 0.25) is 0 Å². The summed E-state index contributed by atoms with van der Waals surface area (Å²) in [6.45, 7) is 0. The van der Waals surface area contributed by atoms with Gasteiger partial charge < -0.3 is 10.1 Å². The largest absolute Gasteiger partial charge is 0.493 e. The fraction of sp³-hybridized carbons (Fsp3) is 0. The maximum Gasteiger partial charge on any atom is 0.302 e. The molecule has 1 aromatic heterocycles. The predicted molar refractivity (Wildman–Crippen MR) is 89.6 cm³/mol. The zero-order valence-electron chi connectivity index (χ0n) is 11.9. The third-order valence-electron chi connectivity index (χ3n) is 3.29. The smallest absolute Gasteiger partial charge is 0.302 e. The molecule has 2 aromatic carbocycles. The highest BCUT2D eigenvalue weighted by molar-refractivity contribution is 9.10. The highest BCUT2D eigenvalue weighted by atomic mass is 79.9. The minimum atomic E-state index is -0.869. The highest BCUT2D eigenvalue weighted by Gasteiger charge is 2.19. The second kappa shape index (κ2) is 6.20. The van der Waals surface area contributed by atoms with Gasteiger partial charge in [-0.2, -0.15) is 0 Å². The summed E-state index contributed by atoms with van der Waals surface area (Å²) in [5, 5.41) is 28.7. The molecule has 3 rings (SSSR count). The number of aromatic nitrogens is 1. The summed E-state index contributed by atoms with van der Waals surface area (Å²) in [5.74, 6) is -1.12. The predicted octanol–water partition coefficient (Wildman–Crippen LogP) is 4.47. The molecule has 0 atom stereocenters. The van der Waals surface area contributed by atoms with Gasteiger partial charge in [-0.1, -0.05) is 28.1 Å². The maximum absolute atomic E-state index is 12.1. The van der Waals surface area contributed by atoms with Gasteiger partial charge in [0.15, 0.2) is 5.69 Å². The highest BCUT2D eigenvalue weighted by Crippen LogP contribution is 2.37. The number of halogens is 1. The standard InChI is InChI=1S/C15H9BrN4O4/c16-8-5-6-11-10(7-8)13(15(22)17-11)18-19-14(21)9-3-1-2-4-12(9)20(23)24/h1-7,17,22H. The van der Waals surface area contributed by atoms with Gasteiger partial charge in [-0.15, -0.1) is 10.2 Å². The first kappa shape index (κ1) is 15.8. The summed E-state index contributed by atoms with van der Waals surface area (Å²) in [5.41, 5.74) is 0.167. The van der Waals surface area contributed by atoms with Gasteiger partial charge in [0.1, 0.15) is 5.56 Å². The molecule has 3 aromatic rings. The molecule has 0 spiro atoms. The quantitative estimate of drug-likeness (QED) is 0.390. The summed E-state index contributed by atoms with van der Waals surface area (Å²) in [7, 11) is 0. The van der Waals surface area contributed by atoms with Crippen molar-refractivity contribution in [2.75, 3.05) is 0 Å². The van der Waals surface area contributed by atoms with Crippen LogP contribution >= 0.6 is 15.9 Å². The fourth-order valence-corrected chi connectivity index (χ4v) is 2.56. The van der Waals surface area contributed by atoms with Gasteiger partial charge in [-0.25, -0.2) is 0 Å². The van der Waals surface area contributed by atoms with E-state index >= 15 is 0 Å². The first-order chi connectivity index (χ1) is 11.5. The van der Waals surface area contributed by atoms with Gasteiger partial charge >= 0.3 is 5.91 Å². The second-order valence-electron chi connectivity index (χ2n) is 4.79. The van der Waals surface area contributed by atoms with E-state index in [1.165, 1.54) is 24.3 Å². The number of aromatic hydroxyl groups is 1. The molecule has 0 saturated carbocycles. The number of nitro groups is 1. The number of H-pyrrole nitrogens is 1. The summed E-state index contributed by atoms with van der Waals surface area (Å²) >= 11 is 3.31. The SMILES string of the molecule is O=C(N=Nc1c(O)[nH]c2ccc(Br)cc12)c1ccccc1[N+](=O)[O-]. The van der Waals surface area contributed by atoms with Crippen LogP contribution in [-0.4, -0.2) is 20.9 Å². The van der Waals surface area contributed by atoms with Gasteiger partial charge in [0.05, 0.1) is 10.4 Å². The number of para-hydroxylation sites is 1. The molecule has 9 heteroatoms. The van der Waals surface area contributed by atoms with Crippen molar-refractivity contribution < 1.29 is 14.8 Å². The van der Waals surface area contributed by atoms with Crippen LogP contribution in [-0.2, 0) is 0 Å². The number of rotatable bonds is 3. The number of amides is 1. The minimum Gasteiger partial charge on any atom is -0.493 e. The van der Waals surface area contributed by atoms with Gasteiger partial charge in [-0.05, 0) is 24.3 Å². The van der Waals surface area contributed by atoms with Crippen molar-refractivity contribution >= 4 is 44.1 Å². The van der Waals surface area contributed by atoms with Crippen molar-refractivity contribution in [3.8, 4) is 5.88 Å². The molecule has 0 aliphatic rings. The van der Waals surface area contributed by atoms with Crippen molar-refractivity contribution in [3.63, 3.8) is 0 Å². The zero-order valence-corrected chi connectivity index (χ0v) is 13.5. The Bertz CT molecular complexity index is 996.